The average molecular weight is 816 g/mol. The number of anilines is 3. The van der Waals surface area contributed by atoms with Gasteiger partial charge in [-0.05, 0) is 115 Å². The molecule has 1 N–H and O–H groups in total. The molecule has 64 heavy (non-hydrogen) atoms. The zero-order chi connectivity index (χ0) is 42.2. The molecule has 1 aliphatic carbocycles. The number of pyridine rings is 1. The molecule has 2 aliphatic heterocycles. The number of hydrogen-bond donors (Lipinski definition) is 1. The summed E-state index contributed by atoms with van der Waals surface area (Å²) in [5.41, 5.74) is 23.3. The third-order valence-corrected chi connectivity index (χ3v) is 13.6. The van der Waals surface area contributed by atoms with Crippen molar-refractivity contribution in [1.29, 1.82) is 0 Å². The van der Waals surface area contributed by atoms with Crippen molar-refractivity contribution in [3.05, 3.63) is 264 Å². The molecular formula is C61H41N3. The van der Waals surface area contributed by atoms with Crippen LogP contribution < -0.4 is 10.2 Å². The third-order valence-electron chi connectivity index (χ3n) is 13.6. The molecule has 9 aromatic carbocycles. The Hall–Kier alpha value is -8.27. The van der Waals surface area contributed by atoms with Crippen molar-refractivity contribution in [2.45, 2.75) is 11.6 Å². The van der Waals surface area contributed by atoms with Crippen LogP contribution in [0.1, 0.15) is 34.0 Å². The van der Waals surface area contributed by atoms with E-state index in [0.29, 0.717) is 0 Å². The molecule has 3 heterocycles. The van der Waals surface area contributed by atoms with Gasteiger partial charge in [-0.15, -0.1) is 0 Å². The van der Waals surface area contributed by atoms with Gasteiger partial charge in [0, 0.05) is 16.8 Å². The van der Waals surface area contributed by atoms with Crippen molar-refractivity contribution in [3.63, 3.8) is 0 Å². The minimum Gasteiger partial charge on any atom is -0.359 e. The van der Waals surface area contributed by atoms with Gasteiger partial charge in [0.1, 0.15) is 6.17 Å². The summed E-state index contributed by atoms with van der Waals surface area (Å²) in [7, 11) is 0. The quantitative estimate of drug-likeness (QED) is 0.181. The van der Waals surface area contributed by atoms with Crippen LogP contribution in [0, 0.1) is 0 Å². The molecule has 2 atom stereocenters. The SMILES string of the molecule is c1ccc(-c2cc(-c3ccccc3)nc(-c3cccc(-c4cccc(-c5ccc6c(c5)C5(c7ccccc7-6)c6ccccc6N6c7c(cccc75)NC6c5ccccc5)c4)c3)c2)cc1. The van der Waals surface area contributed by atoms with Gasteiger partial charge in [0.2, 0.25) is 0 Å². The molecule has 10 aromatic rings. The fraction of sp³-hybridized carbons (Fsp3) is 0.0328. The first-order chi connectivity index (χ1) is 31.7. The van der Waals surface area contributed by atoms with E-state index in [9.17, 15) is 0 Å². The summed E-state index contributed by atoms with van der Waals surface area (Å²) in [6.45, 7) is 0. The summed E-state index contributed by atoms with van der Waals surface area (Å²) in [5, 5.41) is 3.94. The predicted molar refractivity (Wildman–Crippen MR) is 264 cm³/mol. The van der Waals surface area contributed by atoms with Crippen LogP contribution in [-0.2, 0) is 5.41 Å². The molecule has 0 saturated carbocycles. The Bertz CT molecular complexity index is 3370. The molecule has 0 radical (unpaired) electrons. The Morgan fingerprint density at radius 1 is 0.359 bits per heavy atom. The number of benzene rings is 9. The van der Waals surface area contributed by atoms with E-state index in [-0.39, 0.29) is 6.17 Å². The van der Waals surface area contributed by atoms with Gasteiger partial charge in [-0.2, -0.15) is 0 Å². The van der Waals surface area contributed by atoms with Crippen molar-refractivity contribution >= 4 is 17.1 Å². The molecule has 0 fully saturated rings. The van der Waals surface area contributed by atoms with Gasteiger partial charge in [-0.1, -0.05) is 194 Å². The van der Waals surface area contributed by atoms with Gasteiger partial charge in [0.05, 0.1) is 28.2 Å². The fourth-order valence-electron chi connectivity index (χ4n) is 10.8. The van der Waals surface area contributed by atoms with E-state index < -0.39 is 5.41 Å². The summed E-state index contributed by atoms with van der Waals surface area (Å²) in [6, 6.07) is 86.4. The Labute approximate surface area is 373 Å². The molecule has 3 nitrogen and oxygen atoms in total. The monoisotopic (exact) mass is 815 g/mol. The smallest absolute Gasteiger partial charge is 0.130 e. The molecule has 1 aromatic heterocycles. The van der Waals surface area contributed by atoms with Crippen LogP contribution in [0.25, 0.3) is 67.0 Å². The van der Waals surface area contributed by atoms with Gasteiger partial charge < -0.3 is 10.2 Å². The summed E-state index contributed by atoms with van der Waals surface area (Å²) in [4.78, 5) is 7.79. The average Bonchev–Trinajstić information content (AvgIpc) is 3.91. The first-order valence-corrected chi connectivity index (χ1v) is 22.1. The van der Waals surface area contributed by atoms with Crippen molar-refractivity contribution in [2.24, 2.45) is 0 Å². The number of para-hydroxylation sites is 2. The van der Waals surface area contributed by atoms with E-state index in [1.165, 1.54) is 67.0 Å². The maximum absolute atomic E-state index is 5.25. The van der Waals surface area contributed by atoms with E-state index >= 15 is 0 Å². The number of fused-ring (bicyclic) bond motifs is 9. The maximum Gasteiger partial charge on any atom is 0.130 e. The minimum atomic E-state index is -0.514. The highest BCUT2D eigenvalue weighted by atomic mass is 15.3. The van der Waals surface area contributed by atoms with Gasteiger partial charge in [-0.25, -0.2) is 4.98 Å². The molecule has 0 bridgehead atoms. The predicted octanol–water partition coefficient (Wildman–Crippen LogP) is 15.4. The standard InChI is InChI=1S/C61H41N3/c1-4-17-40(18-5-1)48-38-56(41-19-6-2-7-20-41)62-57(39-48)47-26-15-25-45(36-47)43-23-14-24-44(35-43)46-33-34-50-49-27-10-11-28-51(49)61(54(50)37-46)52-29-12-13-32-58(52)64-59-53(61)30-16-31-55(59)63-60(64)42-21-8-3-9-22-42/h1-39,60,63H. The Balaban J connectivity index is 0.939. The molecular weight excluding hydrogens is 775 g/mol. The highest BCUT2D eigenvalue weighted by Crippen LogP contribution is 2.66. The van der Waals surface area contributed by atoms with Crippen molar-refractivity contribution in [3.8, 4) is 67.0 Å². The summed E-state index contributed by atoms with van der Waals surface area (Å²) >= 11 is 0. The largest absolute Gasteiger partial charge is 0.359 e. The summed E-state index contributed by atoms with van der Waals surface area (Å²) in [6.07, 6.45) is -0.0194. The number of rotatable bonds is 6. The lowest BCUT2D eigenvalue weighted by Gasteiger charge is -2.44. The Kier molecular flexibility index (Phi) is 8.19. The van der Waals surface area contributed by atoms with Crippen LogP contribution in [0.5, 0.6) is 0 Å². The van der Waals surface area contributed by atoms with Gasteiger partial charge in [0.25, 0.3) is 0 Å². The first kappa shape index (κ1) is 36.4. The number of hydrogen-bond acceptors (Lipinski definition) is 3. The molecule has 1 spiro atoms. The normalized spacial score (nSPS) is 16.1. The third kappa shape index (κ3) is 5.51. The lowest BCUT2D eigenvalue weighted by Crippen LogP contribution is -2.37. The van der Waals surface area contributed by atoms with Crippen molar-refractivity contribution < 1.29 is 0 Å². The second-order valence-electron chi connectivity index (χ2n) is 17.1. The molecule has 0 saturated heterocycles. The molecule has 13 rings (SSSR count). The zero-order valence-corrected chi connectivity index (χ0v) is 35.0. The zero-order valence-electron chi connectivity index (χ0n) is 35.0. The first-order valence-electron chi connectivity index (χ1n) is 22.1. The number of nitrogens with one attached hydrogen (secondary N) is 1. The molecule has 3 aliphatic rings. The highest BCUT2D eigenvalue weighted by Gasteiger charge is 2.54. The van der Waals surface area contributed by atoms with E-state index in [1.54, 1.807) is 0 Å². The van der Waals surface area contributed by atoms with E-state index in [4.69, 9.17) is 4.98 Å². The van der Waals surface area contributed by atoms with Gasteiger partial charge in [-0.3, -0.25) is 0 Å². The second kappa shape index (κ2) is 14.4. The van der Waals surface area contributed by atoms with Crippen LogP contribution in [0.3, 0.4) is 0 Å². The molecule has 300 valence electrons. The van der Waals surface area contributed by atoms with Crippen LogP contribution in [0.2, 0.25) is 0 Å². The maximum atomic E-state index is 5.25. The summed E-state index contributed by atoms with van der Waals surface area (Å²) < 4.78 is 0. The fourth-order valence-corrected chi connectivity index (χ4v) is 10.8. The van der Waals surface area contributed by atoms with Crippen molar-refractivity contribution in [1.82, 2.24) is 4.98 Å². The highest BCUT2D eigenvalue weighted by molar-refractivity contribution is 5.99. The van der Waals surface area contributed by atoms with E-state index in [0.717, 1.165) is 44.9 Å². The van der Waals surface area contributed by atoms with Crippen molar-refractivity contribution in [2.75, 3.05) is 10.2 Å². The Morgan fingerprint density at radius 3 is 1.64 bits per heavy atom. The molecule has 2 unspecified atom stereocenters. The van der Waals surface area contributed by atoms with E-state index in [2.05, 4.69) is 247 Å². The summed E-state index contributed by atoms with van der Waals surface area (Å²) in [5.74, 6) is 0. The van der Waals surface area contributed by atoms with Gasteiger partial charge in [0.15, 0.2) is 0 Å². The van der Waals surface area contributed by atoms with Crippen LogP contribution in [0.4, 0.5) is 17.1 Å². The van der Waals surface area contributed by atoms with E-state index in [1.807, 2.05) is 0 Å². The number of aromatic nitrogens is 1. The van der Waals surface area contributed by atoms with Crippen LogP contribution in [-0.4, -0.2) is 4.98 Å². The topological polar surface area (TPSA) is 28.2 Å². The minimum absolute atomic E-state index is 0.0194. The van der Waals surface area contributed by atoms with Crippen LogP contribution in [0.15, 0.2) is 237 Å². The Morgan fingerprint density at radius 2 is 0.891 bits per heavy atom. The molecule has 3 heteroatoms. The lowest BCUT2D eigenvalue weighted by atomic mass is 9.64. The van der Waals surface area contributed by atoms with Crippen LogP contribution >= 0.6 is 0 Å². The second-order valence-corrected chi connectivity index (χ2v) is 17.1. The number of nitrogens with zero attached hydrogens (tertiary/aromatic N) is 2. The van der Waals surface area contributed by atoms with Gasteiger partial charge >= 0.3 is 0 Å². The molecule has 0 amide bonds. The lowest BCUT2D eigenvalue weighted by molar-refractivity contribution is 0.720.